The van der Waals surface area contributed by atoms with E-state index in [9.17, 15) is 43.2 Å². The van der Waals surface area contributed by atoms with Crippen LogP contribution >= 0.6 is 15.6 Å². The van der Waals surface area contributed by atoms with E-state index in [0.717, 1.165) is 102 Å². The molecule has 0 rings (SSSR count). The lowest BCUT2D eigenvalue weighted by Gasteiger charge is -2.21. The van der Waals surface area contributed by atoms with Crippen LogP contribution in [0.15, 0.2) is 0 Å². The molecule has 100 heavy (non-hydrogen) atoms. The standard InChI is InChI=1S/C81H158O17P2/c1-7-9-11-13-15-17-19-25-33-39-45-51-57-63-78(83)91-69-76(97-80(85)65-59-53-47-41-35-26-20-18-16-14-12-10-8-2)71-95-99(87,88)93-67-75(82)68-94-100(89,90)96-72-77(70-92-79(84)64-58-52-46-40-34-30-29-32-38-44-50-56-62-74(5)6)98-81(86)66-60-54-48-42-36-28-24-22-21-23-27-31-37-43-49-55-61-73(3)4/h73-77,82H,7-72H2,1-6H3,(H,87,88)(H,89,90)/t75-,76+,77+/m0/s1. The van der Waals surface area contributed by atoms with Crippen molar-refractivity contribution in [3.05, 3.63) is 0 Å². The highest BCUT2D eigenvalue weighted by molar-refractivity contribution is 7.47. The lowest BCUT2D eigenvalue weighted by molar-refractivity contribution is -0.161. The van der Waals surface area contributed by atoms with E-state index in [1.807, 2.05) is 0 Å². The number of phosphoric acid groups is 2. The molecule has 0 fully saturated rings. The summed E-state index contributed by atoms with van der Waals surface area (Å²) in [6.07, 6.45) is 62.2. The predicted octanol–water partition coefficient (Wildman–Crippen LogP) is 24.3. The van der Waals surface area contributed by atoms with Gasteiger partial charge in [0.05, 0.1) is 26.4 Å². The summed E-state index contributed by atoms with van der Waals surface area (Å²) in [5.41, 5.74) is 0. The van der Waals surface area contributed by atoms with E-state index in [-0.39, 0.29) is 25.7 Å². The highest BCUT2D eigenvalue weighted by Crippen LogP contribution is 2.45. The Hall–Kier alpha value is -1.94. The minimum absolute atomic E-state index is 0.108. The Morgan fingerprint density at radius 3 is 0.680 bits per heavy atom. The van der Waals surface area contributed by atoms with Gasteiger partial charge < -0.3 is 33.8 Å². The third kappa shape index (κ3) is 74.3. The van der Waals surface area contributed by atoms with Crippen LogP contribution < -0.4 is 0 Å². The molecule has 3 N–H and O–H groups in total. The van der Waals surface area contributed by atoms with Crippen LogP contribution in [0.3, 0.4) is 0 Å². The molecule has 0 saturated heterocycles. The van der Waals surface area contributed by atoms with E-state index in [1.54, 1.807) is 0 Å². The molecule has 19 heteroatoms. The molecule has 0 amide bonds. The first-order chi connectivity index (χ1) is 48.4. The lowest BCUT2D eigenvalue weighted by atomic mass is 10.0. The summed E-state index contributed by atoms with van der Waals surface area (Å²) in [6, 6.07) is 0. The summed E-state index contributed by atoms with van der Waals surface area (Å²) in [4.78, 5) is 73.1. The Bertz CT molecular complexity index is 1920. The van der Waals surface area contributed by atoms with Gasteiger partial charge in [-0.05, 0) is 37.5 Å². The minimum Gasteiger partial charge on any atom is -0.462 e. The summed E-state index contributed by atoms with van der Waals surface area (Å²) in [6.45, 7) is 9.69. The molecule has 0 aliphatic carbocycles. The van der Waals surface area contributed by atoms with Crippen LogP contribution in [0.2, 0.25) is 0 Å². The number of aliphatic hydroxyl groups is 1. The first kappa shape index (κ1) is 98.1. The smallest absolute Gasteiger partial charge is 0.462 e. The molecule has 0 aromatic carbocycles. The molecule has 0 aliphatic rings. The topological polar surface area (TPSA) is 237 Å². The first-order valence-electron chi connectivity index (χ1n) is 42.0. The second kappa shape index (κ2) is 72.6. The van der Waals surface area contributed by atoms with Crippen molar-refractivity contribution in [2.75, 3.05) is 39.6 Å². The number of unbranched alkanes of at least 4 members (excludes halogenated alkanes) is 50. The van der Waals surface area contributed by atoms with E-state index >= 15 is 0 Å². The maximum absolute atomic E-state index is 13.1. The van der Waals surface area contributed by atoms with Crippen molar-refractivity contribution >= 4 is 39.5 Å². The Morgan fingerprint density at radius 1 is 0.270 bits per heavy atom. The van der Waals surface area contributed by atoms with Gasteiger partial charge in [-0.3, -0.25) is 37.3 Å². The van der Waals surface area contributed by atoms with Gasteiger partial charge in [0.15, 0.2) is 12.2 Å². The molecule has 2 unspecified atom stereocenters. The molecular formula is C81H158O17P2. The summed E-state index contributed by atoms with van der Waals surface area (Å²) in [7, 11) is -9.92. The fraction of sp³-hybridized carbons (Fsp3) is 0.951. The van der Waals surface area contributed by atoms with E-state index in [0.29, 0.717) is 25.7 Å². The zero-order valence-electron chi connectivity index (χ0n) is 65.5. The second-order valence-corrected chi connectivity index (χ2v) is 33.0. The molecule has 0 saturated carbocycles. The molecule has 0 aromatic rings. The fourth-order valence-electron chi connectivity index (χ4n) is 12.5. The summed E-state index contributed by atoms with van der Waals surface area (Å²) >= 11 is 0. The highest BCUT2D eigenvalue weighted by atomic mass is 31.2. The average molecular weight is 1470 g/mol. The lowest BCUT2D eigenvalue weighted by Crippen LogP contribution is -2.30. The largest absolute Gasteiger partial charge is 0.472 e. The van der Waals surface area contributed by atoms with E-state index in [1.165, 1.54) is 244 Å². The minimum atomic E-state index is -4.96. The predicted molar refractivity (Wildman–Crippen MR) is 409 cm³/mol. The number of aliphatic hydroxyl groups excluding tert-OH is 1. The quantitative estimate of drug-likeness (QED) is 0.0222. The van der Waals surface area contributed by atoms with Gasteiger partial charge in [-0.25, -0.2) is 9.13 Å². The van der Waals surface area contributed by atoms with Gasteiger partial charge in [0.25, 0.3) is 0 Å². The van der Waals surface area contributed by atoms with E-state index in [4.69, 9.17) is 37.0 Å². The number of rotatable bonds is 80. The number of carbonyl (C=O) groups excluding carboxylic acids is 4. The van der Waals surface area contributed by atoms with Crippen LogP contribution in [0.25, 0.3) is 0 Å². The van der Waals surface area contributed by atoms with Crippen LogP contribution in [0, 0.1) is 11.8 Å². The van der Waals surface area contributed by atoms with Crippen LogP contribution in [0.4, 0.5) is 0 Å². The Kier molecular flexibility index (Phi) is 71.2. The van der Waals surface area contributed by atoms with Crippen molar-refractivity contribution in [1.29, 1.82) is 0 Å². The van der Waals surface area contributed by atoms with Crippen molar-refractivity contribution in [2.45, 2.75) is 445 Å². The molecule has 17 nitrogen and oxygen atoms in total. The van der Waals surface area contributed by atoms with E-state index < -0.39 is 97.5 Å². The molecule has 0 aliphatic heterocycles. The molecule has 0 radical (unpaired) electrons. The van der Waals surface area contributed by atoms with E-state index in [2.05, 4.69) is 41.5 Å². The van der Waals surface area contributed by atoms with Crippen molar-refractivity contribution in [2.24, 2.45) is 11.8 Å². The molecule has 5 atom stereocenters. The normalized spacial score (nSPS) is 13.9. The van der Waals surface area contributed by atoms with Gasteiger partial charge in [-0.2, -0.15) is 0 Å². The number of ether oxygens (including phenoxy) is 4. The maximum atomic E-state index is 13.1. The summed E-state index contributed by atoms with van der Waals surface area (Å²) in [5.74, 6) is -0.514. The Balaban J connectivity index is 5.25. The van der Waals surface area contributed by atoms with Crippen molar-refractivity contribution in [1.82, 2.24) is 0 Å². The third-order valence-corrected chi connectivity index (χ3v) is 20.9. The van der Waals surface area contributed by atoms with Gasteiger partial charge in [-0.1, -0.05) is 375 Å². The van der Waals surface area contributed by atoms with Crippen LogP contribution in [0.5, 0.6) is 0 Å². The van der Waals surface area contributed by atoms with Crippen LogP contribution in [-0.4, -0.2) is 96.7 Å². The van der Waals surface area contributed by atoms with Crippen molar-refractivity contribution in [3.8, 4) is 0 Å². The Morgan fingerprint density at radius 2 is 0.460 bits per heavy atom. The van der Waals surface area contributed by atoms with Gasteiger partial charge in [0.2, 0.25) is 0 Å². The van der Waals surface area contributed by atoms with Gasteiger partial charge in [0, 0.05) is 25.7 Å². The zero-order valence-corrected chi connectivity index (χ0v) is 67.3. The second-order valence-electron chi connectivity index (χ2n) is 30.1. The van der Waals surface area contributed by atoms with Gasteiger partial charge in [-0.15, -0.1) is 0 Å². The molecule has 594 valence electrons. The van der Waals surface area contributed by atoms with Crippen molar-refractivity contribution < 1.29 is 80.2 Å². The monoisotopic (exact) mass is 1470 g/mol. The molecule has 0 spiro atoms. The number of carbonyl (C=O) groups is 4. The number of phosphoric ester groups is 2. The number of hydrogen-bond acceptors (Lipinski definition) is 15. The fourth-order valence-corrected chi connectivity index (χ4v) is 14.1. The van der Waals surface area contributed by atoms with Gasteiger partial charge in [0.1, 0.15) is 19.3 Å². The first-order valence-corrected chi connectivity index (χ1v) is 45.0. The third-order valence-electron chi connectivity index (χ3n) is 19.0. The van der Waals surface area contributed by atoms with Crippen LogP contribution in [0.1, 0.15) is 427 Å². The molecule has 0 bridgehead atoms. The maximum Gasteiger partial charge on any atom is 0.472 e. The van der Waals surface area contributed by atoms with Crippen LogP contribution in [-0.2, 0) is 65.4 Å². The summed E-state index contributed by atoms with van der Waals surface area (Å²) < 4.78 is 68.8. The zero-order chi connectivity index (χ0) is 73.5. The molecule has 0 aromatic heterocycles. The van der Waals surface area contributed by atoms with Crippen molar-refractivity contribution in [3.63, 3.8) is 0 Å². The number of hydrogen-bond donors (Lipinski definition) is 3. The average Bonchev–Trinajstić information content (AvgIpc) is 0.924. The summed E-state index contributed by atoms with van der Waals surface area (Å²) in [5, 5.41) is 10.6. The Labute approximate surface area is 613 Å². The SMILES string of the molecule is CCCCCCCCCCCCCCCC(=O)OC[C@H](COP(=O)(O)OC[C@H](O)COP(=O)(O)OC[C@@H](COC(=O)CCCCCCCCCCCCCCC(C)C)OC(=O)CCCCCCCCCCCCCCCCCCC(C)C)OC(=O)CCCCCCCCCCCCCCC. The van der Waals surface area contributed by atoms with Gasteiger partial charge >= 0.3 is 39.5 Å². The number of esters is 4. The molecular weight excluding hydrogens is 1310 g/mol. The highest BCUT2D eigenvalue weighted by Gasteiger charge is 2.30. The molecule has 0 heterocycles.